The molecule has 1 amide bonds. The number of hydrogen-bond acceptors (Lipinski definition) is 4. The second kappa shape index (κ2) is 8.61. The van der Waals surface area contributed by atoms with Crippen LogP contribution in [-0.2, 0) is 14.3 Å². The third kappa shape index (κ3) is 4.29. The second-order valence-electron chi connectivity index (χ2n) is 6.85. The van der Waals surface area contributed by atoms with Crippen molar-refractivity contribution in [3.63, 3.8) is 0 Å². The fourth-order valence-corrected chi connectivity index (χ4v) is 4.21. The summed E-state index contributed by atoms with van der Waals surface area (Å²) in [5.74, 6) is -1.37. The number of ether oxygens (including phenoxy) is 1. The average molecular weight is 414 g/mol. The summed E-state index contributed by atoms with van der Waals surface area (Å²) in [6, 6.07) is 4.24. The molecule has 2 N–H and O–H groups in total. The van der Waals surface area contributed by atoms with Gasteiger partial charge in [-0.15, -0.1) is 0 Å². The van der Waals surface area contributed by atoms with Gasteiger partial charge in [0.2, 0.25) is 0 Å². The maximum absolute atomic E-state index is 12.6. The number of amides is 1. The summed E-state index contributed by atoms with van der Waals surface area (Å²) >= 11 is 12.3. The Bertz CT molecular complexity index is 775. The summed E-state index contributed by atoms with van der Waals surface area (Å²) in [6.45, 7) is 6.05. The molecule has 0 radical (unpaired) electrons. The van der Waals surface area contributed by atoms with Gasteiger partial charge in [0.25, 0.3) is 5.91 Å². The lowest BCUT2D eigenvalue weighted by Crippen LogP contribution is -3.14. The fourth-order valence-electron chi connectivity index (χ4n) is 3.70. The van der Waals surface area contributed by atoms with E-state index >= 15 is 0 Å². The zero-order valence-corrected chi connectivity index (χ0v) is 16.6. The highest BCUT2D eigenvalue weighted by Gasteiger charge is 2.42. The lowest BCUT2D eigenvalue weighted by molar-refractivity contribution is -0.908. The topological polar surface area (TPSA) is 71.3 Å². The largest absolute Gasteiger partial charge is 0.503 e. The van der Waals surface area contributed by atoms with Gasteiger partial charge in [0.05, 0.1) is 31.4 Å². The highest BCUT2D eigenvalue weighted by molar-refractivity contribution is 6.35. The van der Waals surface area contributed by atoms with Crippen molar-refractivity contribution in [2.45, 2.75) is 19.4 Å². The van der Waals surface area contributed by atoms with Crippen LogP contribution >= 0.6 is 23.2 Å². The Kier molecular flexibility index (Phi) is 6.42. The van der Waals surface area contributed by atoms with Crippen molar-refractivity contribution in [2.75, 3.05) is 39.4 Å². The number of Topliss-reactive ketones (excluding diaryl/α,β-unsaturated/α-hetero) is 1. The average Bonchev–Trinajstić information content (AvgIpc) is 2.87. The van der Waals surface area contributed by atoms with Gasteiger partial charge >= 0.3 is 0 Å². The van der Waals surface area contributed by atoms with Gasteiger partial charge < -0.3 is 19.6 Å². The van der Waals surface area contributed by atoms with E-state index in [2.05, 4.69) is 0 Å². The van der Waals surface area contributed by atoms with Crippen LogP contribution in [0.4, 0.5) is 0 Å². The molecule has 3 rings (SSSR count). The molecule has 1 fully saturated rings. The quantitative estimate of drug-likeness (QED) is 0.742. The molecule has 146 valence electrons. The van der Waals surface area contributed by atoms with Crippen LogP contribution in [0.3, 0.4) is 0 Å². The first-order chi connectivity index (χ1) is 12.9. The number of aliphatic hydroxyl groups excluding tert-OH is 1. The third-order valence-electron chi connectivity index (χ3n) is 5.07. The molecule has 2 aliphatic rings. The van der Waals surface area contributed by atoms with Crippen molar-refractivity contribution in [3.05, 3.63) is 45.1 Å². The number of benzene rings is 1. The molecule has 2 heterocycles. The number of carbonyl (C=O) groups is 2. The summed E-state index contributed by atoms with van der Waals surface area (Å²) in [5, 5.41) is 11.1. The fraction of sp³-hybridized carbons (Fsp3) is 0.474. The Hall–Kier alpha value is -1.60. The number of halogens is 2. The molecule has 27 heavy (non-hydrogen) atoms. The molecule has 0 aliphatic carbocycles. The van der Waals surface area contributed by atoms with Crippen LogP contribution < -0.4 is 4.90 Å². The van der Waals surface area contributed by atoms with E-state index in [1.807, 2.05) is 0 Å². The van der Waals surface area contributed by atoms with Crippen LogP contribution in [0, 0.1) is 0 Å². The lowest BCUT2D eigenvalue weighted by Gasteiger charge is -2.29. The first-order valence-corrected chi connectivity index (χ1v) is 9.77. The molecule has 0 saturated carbocycles. The van der Waals surface area contributed by atoms with Crippen molar-refractivity contribution in [1.82, 2.24) is 4.90 Å². The van der Waals surface area contributed by atoms with Crippen molar-refractivity contribution < 1.29 is 24.3 Å². The highest BCUT2D eigenvalue weighted by Crippen LogP contribution is 2.41. The first kappa shape index (κ1) is 20.1. The predicted molar refractivity (Wildman–Crippen MR) is 102 cm³/mol. The summed E-state index contributed by atoms with van der Waals surface area (Å²) < 4.78 is 5.36. The van der Waals surface area contributed by atoms with Gasteiger partial charge in [-0.25, -0.2) is 0 Å². The number of carbonyl (C=O) groups excluding carboxylic acids is 2. The van der Waals surface area contributed by atoms with Crippen molar-refractivity contribution >= 4 is 34.9 Å². The smallest absolute Gasteiger partial charge is 0.290 e. The van der Waals surface area contributed by atoms with Crippen molar-refractivity contribution in [1.29, 1.82) is 0 Å². The number of quaternary nitrogens is 1. The van der Waals surface area contributed by atoms with Gasteiger partial charge in [-0.1, -0.05) is 29.3 Å². The normalized spacial score (nSPS) is 21.2. The van der Waals surface area contributed by atoms with Crippen LogP contribution in [0.15, 0.2) is 29.5 Å². The number of hydrogen-bond donors (Lipinski definition) is 2. The number of nitrogens with one attached hydrogen (secondary N) is 1. The molecular formula is C19H23Cl2N2O4+. The number of rotatable bonds is 6. The molecular weight excluding hydrogens is 391 g/mol. The number of aliphatic hydroxyl groups is 1. The molecule has 8 heteroatoms. The maximum atomic E-state index is 12.6. The summed E-state index contributed by atoms with van der Waals surface area (Å²) in [6.07, 6.45) is 0.751. The Morgan fingerprint density at radius 3 is 2.67 bits per heavy atom. The Labute approximate surface area is 168 Å². The minimum atomic E-state index is -0.695. The van der Waals surface area contributed by atoms with Crippen LogP contribution in [-0.4, -0.2) is 61.1 Å². The van der Waals surface area contributed by atoms with Crippen LogP contribution in [0.2, 0.25) is 10.0 Å². The SMILES string of the molecule is CC(=O)C1=C(O)C(=O)N(CCC[NH+]2CCOCC2)[C@H]1c1ccc(Cl)cc1Cl. The van der Waals surface area contributed by atoms with E-state index in [1.54, 1.807) is 18.2 Å². The molecule has 0 spiro atoms. The number of ketones is 1. The van der Waals surface area contributed by atoms with Gasteiger partial charge in [0, 0.05) is 23.0 Å². The zero-order chi connectivity index (χ0) is 19.6. The van der Waals surface area contributed by atoms with E-state index in [-0.39, 0.29) is 11.4 Å². The van der Waals surface area contributed by atoms with Crippen LogP contribution in [0.5, 0.6) is 0 Å². The van der Waals surface area contributed by atoms with Gasteiger partial charge in [-0.05, 0) is 24.6 Å². The highest BCUT2D eigenvalue weighted by atomic mass is 35.5. The lowest BCUT2D eigenvalue weighted by atomic mass is 9.96. The Morgan fingerprint density at radius 2 is 2.04 bits per heavy atom. The standard InChI is InChI=1S/C19H22Cl2N2O4/c1-12(24)16-17(14-4-3-13(20)11-15(14)21)23(19(26)18(16)25)6-2-5-22-7-9-27-10-8-22/h3-4,11,17,25H,2,5-10H2,1H3/p+1/t17-/m0/s1. The zero-order valence-electron chi connectivity index (χ0n) is 15.1. The number of morpholine rings is 1. The minimum Gasteiger partial charge on any atom is -0.503 e. The summed E-state index contributed by atoms with van der Waals surface area (Å²) in [5.41, 5.74) is 0.672. The molecule has 0 unspecified atom stereocenters. The van der Waals surface area contributed by atoms with E-state index in [0.717, 1.165) is 39.3 Å². The maximum Gasteiger partial charge on any atom is 0.290 e. The van der Waals surface area contributed by atoms with E-state index in [0.29, 0.717) is 22.2 Å². The van der Waals surface area contributed by atoms with Crippen molar-refractivity contribution in [2.24, 2.45) is 0 Å². The van der Waals surface area contributed by atoms with Crippen LogP contribution in [0.25, 0.3) is 0 Å². The van der Waals surface area contributed by atoms with Gasteiger partial charge in [0.15, 0.2) is 11.5 Å². The molecule has 1 saturated heterocycles. The predicted octanol–water partition coefficient (Wildman–Crippen LogP) is 1.58. The van der Waals surface area contributed by atoms with Crippen LogP contribution in [0.1, 0.15) is 24.9 Å². The molecule has 6 nitrogen and oxygen atoms in total. The van der Waals surface area contributed by atoms with Gasteiger partial charge in [-0.3, -0.25) is 9.59 Å². The van der Waals surface area contributed by atoms with Gasteiger partial charge in [0.1, 0.15) is 13.1 Å². The molecule has 1 aromatic rings. The second-order valence-corrected chi connectivity index (χ2v) is 7.69. The van der Waals surface area contributed by atoms with E-state index in [1.165, 1.54) is 16.7 Å². The molecule has 0 bridgehead atoms. The van der Waals surface area contributed by atoms with E-state index < -0.39 is 17.7 Å². The molecule has 1 aromatic carbocycles. The van der Waals surface area contributed by atoms with Gasteiger partial charge in [-0.2, -0.15) is 0 Å². The summed E-state index contributed by atoms with van der Waals surface area (Å²) in [7, 11) is 0. The Balaban J connectivity index is 1.82. The first-order valence-electron chi connectivity index (χ1n) is 9.01. The van der Waals surface area contributed by atoms with E-state index in [9.17, 15) is 14.7 Å². The number of nitrogens with zero attached hydrogens (tertiary/aromatic N) is 1. The molecule has 2 aliphatic heterocycles. The van der Waals surface area contributed by atoms with Crippen molar-refractivity contribution in [3.8, 4) is 0 Å². The third-order valence-corrected chi connectivity index (χ3v) is 5.63. The summed E-state index contributed by atoms with van der Waals surface area (Å²) in [4.78, 5) is 27.7. The minimum absolute atomic E-state index is 0.0861. The Morgan fingerprint density at radius 1 is 1.33 bits per heavy atom. The molecule has 0 aromatic heterocycles. The monoisotopic (exact) mass is 413 g/mol. The molecule has 1 atom stereocenters. The van der Waals surface area contributed by atoms with E-state index in [4.69, 9.17) is 27.9 Å².